The summed E-state index contributed by atoms with van der Waals surface area (Å²) in [7, 11) is 0. The van der Waals surface area contributed by atoms with Crippen molar-refractivity contribution in [3.63, 3.8) is 0 Å². The monoisotopic (exact) mass is 180 g/mol. The fourth-order valence-electron chi connectivity index (χ4n) is 1.36. The van der Waals surface area contributed by atoms with Gasteiger partial charge in [-0.1, -0.05) is 12.6 Å². The average molecular weight is 180 g/mol. The second-order valence-electron chi connectivity index (χ2n) is 3.43. The van der Waals surface area contributed by atoms with Gasteiger partial charge in [0.1, 0.15) is 0 Å². The molecule has 0 nitrogen and oxygen atoms in total. The first-order valence-electron chi connectivity index (χ1n) is 4.32. The third-order valence-electron chi connectivity index (χ3n) is 2.36. The third-order valence-corrected chi connectivity index (χ3v) is 2.36. The molecule has 0 bridgehead atoms. The molecular formula is C11H10F2. The second-order valence-corrected chi connectivity index (χ2v) is 3.43. The van der Waals surface area contributed by atoms with Crippen LogP contribution in [0.3, 0.4) is 0 Å². The highest BCUT2D eigenvalue weighted by Crippen LogP contribution is 2.40. The van der Waals surface area contributed by atoms with E-state index in [1.807, 2.05) is 0 Å². The summed E-state index contributed by atoms with van der Waals surface area (Å²) in [6.45, 7) is 3.87. The molecule has 0 amide bonds. The Morgan fingerprint density at radius 2 is 1.92 bits per heavy atom. The molecule has 0 heterocycles. The van der Waals surface area contributed by atoms with E-state index in [-0.39, 0.29) is 0 Å². The Labute approximate surface area is 75.9 Å². The van der Waals surface area contributed by atoms with Gasteiger partial charge in [0.25, 0.3) is 0 Å². The first-order valence-corrected chi connectivity index (χ1v) is 4.32. The molecule has 0 aliphatic heterocycles. The van der Waals surface area contributed by atoms with Crippen LogP contribution in [0.15, 0.2) is 24.8 Å². The van der Waals surface area contributed by atoms with Gasteiger partial charge in [-0.15, -0.1) is 0 Å². The van der Waals surface area contributed by atoms with Crippen LogP contribution in [0.2, 0.25) is 0 Å². The Balaban J connectivity index is 2.30. The van der Waals surface area contributed by atoms with Crippen molar-refractivity contribution in [2.24, 2.45) is 5.92 Å². The van der Waals surface area contributed by atoms with Crippen molar-refractivity contribution < 1.29 is 8.78 Å². The molecule has 2 heteroatoms. The Hall–Kier alpha value is -1.18. The molecule has 1 fully saturated rings. The standard InChI is InChI=1S/C11H10F2/c1-7(8-2-3-8)9-4-5-10(12)11(13)6-9/h4-6,8H,1-3H2. The molecule has 0 saturated heterocycles. The van der Waals surface area contributed by atoms with Crippen molar-refractivity contribution in [2.45, 2.75) is 12.8 Å². The lowest BCUT2D eigenvalue weighted by Gasteiger charge is -2.03. The molecule has 0 spiro atoms. The van der Waals surface area contributed by atoms with Crippen LogP contribution in [0.1, 0.15) is 18.4 Å². The van der Waals surface area contributed by atoms with E-state index in [0.29, 0.717) is 5.92 Å². The Morgan fingerprint density at radius 1 is 1.23 bits per heavy atom. The highest BCUT2D eigenvalue weighted by molar-refractivity contribution is 5.67. The second kappa shape index (κ2) is 2.95. The highest BCUT2D eigenvalue weighted by atomic mass is 19.2. The van der Waals surface area contributed by atoms with E-state index in [9.17, 15) is 8.78 Å². The zero-order valence-corrected chi connectivity index (χ0v) is 7.19. The summed E-state index contributed by atoms with van der Waals surface area (Å²) < 4.78 is 25.4. The molecule has 0 unspecified atom stereocenters. The van der Waals surface area contributed by atoms with Crippen LogP contribution in [0.4, 0.5) is 8.78 Å². The van der Waals surface area contributed by atoms with Gasteiger partial charge in [-0.2, -0.15) is 0 Å². The fraction of sp³-hybridized carbons (Fsp3) is 0.273. The maximum absolute atomic E-state index is 12.8. The minimum absolute atomic E-state index is 0.491. The molecular weight excluding hydrogens is 170 g/mol. The SMILES string of the molecule is C=C(c1ccc(F)c(F)c1)C1CC1. The molecule has 1 aliphatic rings. The minimum atomic E-state index is -0.799. The average Bonchev–Trinajstić information content (AvgIpc) is 2.91. The number of hydrogen-bond acceptors (Lipinski definition) is 0. The largest absolute Gasteiger partial charge is 0.204 e. The fourth-order valence-corrected chi connectivity index (χ4v) is 1.36. The molecule has 0 N–H and O–H groups in total. The van der Waals surface area contributed by atoms with Crippen LogP contribution in [0.25, 0.3) is 5.57 Å². The predicted molar refractivity (Wildman–Crippen MR) is 48.1 cm³/mol. The van der Waals surface area contributed by atoms with Gasteiger partial charge < -0.3 is 0 Å². The van der Waals surface area contributed by atoms with E-state index < -0.39 is 11.6 Å². The molecule has 0 aromatic heterocycles. The van der Waals surface area contributed by atoms with Gasteiger partial charge in [0.15, 0.2) is 11.6 Å². The summed E-state index contributed by atoms with van der Waals surface area (Å²) in [5, 5.41) is 0. The van der Waals surface area contributed by atoms with Crippen molar-refractivity contribution >= 4 is 5.57 Å². The minimum Gasteiger partial charge on any atom is -0.204 e. The maximum atomic E-state index is 12.8. The van der Waals surface area contributed by atoms with Gasteiger partial charge in [0, 0.05) is 0 Å². The number of halogens is 2. The molecule has 1 aromatic carbocycles. The smallest absolute Gasteiger partial charge is 0.159 e. The van der Waals surface area contributed by atoms with Crippen molar-refractivity contribution in [3.8, 4) is 0 Å². The first-order chi connectivity index (χ1) is 6.18. The van der Waals surface area contributed by atoms with Crippen LogP contribution < -0.4 is 0 Å². The summed E-state index contributed by atoms with van der Waals surface area (Å²) >= 11 is 0. The van der Waals surface area contributed by atoms with Gasteiger partial charge in [-0.05, 0) is 42.0 Å². The molecule has 0 radical (unpaired) electrons. The normalized spacial score (nSPS) is 15.8. The Kier molecular flexibility index (Phi) is 1.91. The molecule has 1 aromatic rings. The topological polar surface area (TPSA) is 0 Å². The van der Waals surface area contributed by atoms with Crippen LogP contribution in [0, 0.1) is 17.6 Å². The van der Waals surface area contributed by atoms with E-state index in [0.717, 1.165) is 30.0 Å². The maximum Gasteiger partial charge on any atom is 0.159 e. The summed E-state index contributed by atoms with van der Waals surface area (Å²) in [6.07, 6.45) is 2.25. The van der Waals surface area contributed by atoms with E-state index in [1.165, 1.54) is 6.07 Å². The zero-order valence-electron chi connectivity index (χ0n) is 7.19. The zero-order chi connectivity index (χ0) is 9.42. The number of rotatable bonds is 2. The van der Waals surface area contributed by atoms with E-state index in [1.54, 1.807) is 6.07 Å². The van der Waals surface area contributed by atoms with E-state index >= 15 is 0 Å². The number of benzene rings is 1. The molecule has 1 saturated carbocycles. The molecule has 13 heavy (non-hydrogen) atoms. The van der Waals surface area contributed by atoms with Crippen LogP contribution in [0.5, 0.6) is 0 Å². The van der Waals surface area contributed by atoms with Gasteiger partial charge >= 0.3 is 0 Å². The lowest BCUT2D eigenvalue weighted by atomic mass is 10.0. The molecule has 0 atom stereocenters. The van der Waals surface area contributed by atoms with Gasteiger partial charge in [0.05, 0.1) is 0 Å². The molecule has 2 rings (SSSR count). The third kappa shape index (κ3) is 1.62. The summed E-state index contributed by atoms with van der Waals surface area (Å²) in [5.74, 6) is -1.10. The van der Waals surface area contributed by atoms with Crippen molar-refractivity contribution in [1.82, 2.24) is 0 Å². The van der Waals surface area contributed by atoms with Crippen LogP contribution >= 0.6 is 0 Å². The Morgan fingerprint density at radius 3 is 2.46 bits per heavy atom. The lowest BCUT2D eigenvalue weighted by molar-refractivity contribution is 0.508. The Bertz CT molecular complexity index is 351. The van der Waals surface area contributed by atoms with Crippen LogP contribution in [-0.2, 0) is 0 Å². The number of hydrogen-bond donors (Lipinski definition) is 0. The van der Waals surface area contributed by atoms with Gasteiger partial charge in [0.2, 0.25) is 0 Å². The van der Waals surface area contributed by atoms with Crippen LogP contribution in [-0.4, -0.2) is 0 Å². The van der Waals surface area contributed by atoms with Crippen molar-refractivity contribution in [3.05, 3.63) is 42.0 Å². The number of allylic oxidation sites excluding steroid dienone is 1. The lowest BCUT2D eigenvalue weighted by Crippen LogP contribution is -1.89. The van der Waals surface area contributed by atoms with Crippen molar-refractivity contribution in [2.75, 3.05) is 0 Å². The van der Waals surface area contributed by atoms with Gasteiger partial charge in [-0.25, -0.2) is 8.78 Å². The molecule has 68 valence electrons. The first kappa shape index (κ1) is 8.42. The highest BCUT2D eigenvalue weighted by Gasteiger charge is 2.25. The summed E-state index contributed by atoms with van der Waals surface area (Å²) in [4.78, 5) is 0. The predicted octanol–water partition coefficient (Wildman–Crippen LogP) is 3.39. The molecule has 1 aliphatic carbocycles. The van der Waals surface area contributed by atoms with Crippen molar-refractivity contribution in [1.29, 1.82) is 0 Å². The summed E-state index contributed by atoms with van der Waals surface area (Å²) in [5.41, 5.74) is 1.65. The van der Waals surface area contributed by atoms with E-state index in [2.05, 4.69) is 6.58 Å². The quantitative estimate of drug-likeness (QED) is 0.654. The van der Waals surface area contributed by atoms with E-state index in [4.69, 9.17) is 0 Å². The summed E-state index contributed by atoms with van der Waals surface area (Å²) in [6, 6.07) is 3.95. The van der Waals surface area contributed by atoms with Gasteiger partial charge in [-0.3, -0.25) is 0 Å².